The molecule has 0 saturated carbocycles. The van der Waals surface area contributed by atoms with Crippen molar-refractivity contribution in [3.63, 3.8) is 0 Å². The summed E-state index contributed by atoms with van der Waals surface area (Å²) in [5, 5.41) is 5.22. The topological polar surface area (TPSA) is 59.9 Å². The summed E-state index contributed by atoms with van der Waals surface area (Å²) in [5.41, 5.74) is 2.34. The molecule has 0 aliphatic carbocycles. The molecule has 146 valence electrons. The smallest absolute Gasteiger partial charge is 0.163 e. The van der Waals surface area contributed by atoms with Gasteiger partial charge < -0.3 is 10.1 Å². The van der Waals surface area contributed by atoms with Crippen LogP contribution in [0.3, 0.4) is 0 Å². The highest BCUT2D eigenvalue weighted by atomic mass is 35.5. The number of benzene rings is 2. The second-order valence-corrected chi connectivity index (χ2v) is 7.64. The van der Waals surface area contributed by atoms with Gasteiger partial charge >= 0.3 is 0 Å². The van der Waals surface area contributed by atoms with E-state index < -0.39 is 0 Å². The predicted octanol–water partition coefficient (Wildman–Crippen LogP) is 6.53. The molecule has 0 atom stereocenters. The Balaban J connectivity index is 1.87. The highest BCUT2D eigenvalue weighted by molar-refractivity contribution is 6.35. The second kappa shape index (κ2) is 8.23. The van der Waals surface area contributed by atoms with Crippen LogP contribution < -0.4 is 10.1 Å². The average Bonchev–Trinajstić information content (AvgIpc) is 2.67. The van der Waals surface area contributed by atoms with Gasteiger partial charge in [-0.1, -0.05) is 23.2 Å². The van der Waals surface area contributed by atoms with Crippen LogP contribution in [0.2, 0.25) is 10.0 Å². The Bertz CT molecular complexity index is 1150. The molecule has 7 heteroatoms. The number of nitrogens with zero attached hydrogens (tertiary/aromatic N) is 3. The van der Waals surface area contributed by atoms with E-state index in [0.29, 0.717) is 21.7 Å². The fourth-order valence-corrected chi connectivity index (χ4v) is 3.46. The zero-order chi connectivity index (χ0) is 20.4. The van der Waals surface area contributed by atoms with Gasteiger partial charge in [0, 0.05) is 39.1 Å². The lowest BCUT2D eigenvalue weighted by molar-refractivity contribution is 0.243. The monoisotopic (exact) mass is 424 g/mol. The van der Waals surface area contributed by atoms with Crippen molar-refractivity contribution in [1.29, 1.82) is 0 Å². The normalized spacial score (nSPS) is 11.1. The summed E-state index contributed by atoms with van der Waals surface area (Å²) in [7, 11) is 0. The summed E-state index contributed by atoms with van der Waals surface area (Å²) in [6.45, 7) is 3.97. The minimum absolute atomic E-state index is 0.0613. The molecule has 2 heterocycles. The van der Waals surface area contributed by atoms with E-state index in [9.17, 15) is 0 Å². The van der Waals surface area contributed by atoms with Gasteiger partial charge in [0.2, 0.25) is 0 Å². The first kappa shape index (κ1) is 19.4. The van der Waals surface area contributed by atoms with Crippen LogP contribution in [0.4, 0.5) is 11.5 Å². The van der Waals surface area contributed by atoms with Crippen molar-refractivity contribution < 1.29 is 4.74 Å². The minimum Gasteiger partial charge on any atom is -0.491 e. The van der Waals surface area contributed by atoms with Crippen molar-refractivity contribution in [2.24, 2.45) is 0 Å². The summed E-state index contributed by atoms with van der Waals surface area (Å²) < 4.78 is 5.85. The van der Waals surface area contributed by atoms with Crippen LogP contribution in [0, 0.1) is 0 Å². The van der Waals surface area contributed by atoms with Crippen LogP contribution in [0.5, 0.6) is 5.75 Å². The van der Waals surface area contributed by atoms with E-state index in [0.717, 1.165) is 27.9 Å². The number of rotatable bonds is 5. The van der Waals surface area contributed by atoms with E-state index in [1.54, 1.807) is 30.6 Å². The first-order valence-corrected chi connectivity index (χ1v) is 9.85. The largest absolute Gasteiger partial charge is 0.491 e. The number of nitrogens with one attached hydrogen (secondary N) is 1. The van der Waals surface area contributed by atoms with Gasteiger partial charge in [0.15, 0.2) is 5.82 Å². The van der Waals surface area contributed by atoms with Crippen LogP contribution in [-0.2, 0) is 0 Å². The molecule has 0 radical (unpaired) electrons. The van der Waals surface area contributed by atoms with Gasteiger partial charge in [-0.15, -0.1) is 0 Å². The first-order valence-electron chi connectivity index (χ1n) is 9.10. The SMILES string of the molecule is CC(C)Oc1ccc2nc(-c3cccnc3)nc(Nc3cc(Cl)cc(Cl)c3)c2c1. The van der Waals surface area contributed by atoms with Crippen molar-refractivity contribution >= 4 is 45.6 Å². The summed E-state index contributed by atoms with van der Waals surface area (Å²) in [6, 6.07) is 14.8. The van der Waals surface area contributed by atoms with Crippen molar-refractivity contribution in [2.45, 2.75) is 20.0 Å². The highest BCUT2D eigenvalue weighted by Gasteiger charge is 2.12. The van der Waals surface area contributed by atoms with Crippen molar-refractivity contribution in [3.05, 3.63) is 71.0 Å². The van der Waals surface area contributed by atoms with Gasteiger partial charge in [-0.05, 0) is 62.4 Å². The van der Waals surface area contributed by atoms with Crippen LogP contribution in [0.25, 0.3) is 22.3 Å². The number of anilines is 2. The van der Waals surface area contributed by atoms with E-state index in [1.807, 2.05) is 44.2 Å². The van der Waals surface area contributed by atoms with Crippen LogP contribution >= 0.6 is 23.2 Å². The molecule has 1 N–H and O–H groups in total. The molecule has 0 fully saturated rings. The Morgan fingerprint density at radius 1 is 0.966 bits per heavy atom. The molecule has 0 aliphatic rings. The second-order valence-electron chi connectivity index (χ2n) is 6.77. The molecule has 5 nitrogen and oxygen atoms in total. The average molecular weight is 425 g/mol. The summed E-state index contributed by atoms with van der Waals surface area (Å²) in [4.78, 5) is 13.6. The zero-order valence-corrected chi connectivity index (χ0v) is 17.4. The van der Waals surface area contributed by atoms with E-state index in [2.05, 4.69) is 10.3 Å². The van der Waals surface area contributed by atoms with Crippen molar-refractivity contribution in [1.82, 2.24) is 15.0 Å². The number of fused-ring (bicyclic) bond motifs is 1. The van der Waals surface area contributed by atoms with Gasteiger partial charge in [-0.3, -0.25) is 4.98 Å². The third-order valence-electron chi connectivity index (χ3n) is 4.08. The zero-order valence-electron chi connectivity index (χ0n) is 15.9. The Kier molecular flexibility index (Phi) is 5.51. The first-order chi connectivity index (χ1) is 14.0. The lowest BCUT2D eigenvalue weighted by Crippen LogP contribution is -2.06. The predicted molar refractivity (Wildman–Crippen MR) is 118 cm³/mol. The van der Waals surface area contributed by atoms with Gasteiger partial charge in [-0.2, -0.15) is 0 Å². The third-order valence-corrected chi connectivity index (χ3v) is 4.52. The Morgan fingerprint density at radius 3 is 2.45 bits per heavy atom. The number of aromatic nitrogens is 3. The summed E-state index contributed by atoms with van der Waals surface area (Å²) in [5.74, 6) is 1.94. The highest BCUT2D eigenvalue weighted by Crippen LogP contribution is 2.32. The molecular formula is C22H18Cl2N4O. The molecule has 0 unspecified atom stereocenters. The maximum absolute atomic E-state index is 6.16. The van der Waals surface area contributed by atoms with Crippen molar-refractivity contribution in [2.75, 3.05) is 5.32 Å². The molecule has 0 saturated heterocycles. The lowest BCUT2D eigenvalue weighted by Gasteiger charge is -2.14. The molecule has 0 spiro atoms. The molecule has 4 rings (SSSR count). The maximum atomic E-state index is 6.16. The molecule has 4 aromatic rings. The van der Waals surface area contributed by atoms with Gasteiger partial charge in [-0.25, -0.2) is 9.97 Å². The van der Waals surface area contributed by atoms with E-state index in [-0.39, 0.29) is 6.10 Å². The Hall–Kier alpha value is -2.89. The van der Waals surface area contributed by atoms with Crippen LogP contribution in [-0.4, -0.2) is 21.1 Å². The van der Waals surface area contributed by atoms with Crippen molar-refractivity contribution in [3.8, 4) is 17.1 Å². The number of hydrogen-bond donors (Lipinski definition) is 1. The summed E-state index contributed by atoms with van der Waals surface area (Å²) >= 11 is 12.3. The van der Waals surface area contributed by atoms with Gasteiger partial charge in [0.1, 0.15) is 11.6 Å². The lowest BCUT2D eigenvalue weighted by atomic mass is 10.2. The maximum Gasteiger partial charge on any atom is 0.163 e. The van der Waals surface area contributed by atoms with Gasteiger partial charge in [0.25, 0.3) is 0 Å². The molecule has 0 amide bonds. The molecule has 0 bridgehead atoms. The van der Waals surface area contributed by atoms with Crippen LogP contribution in [0.15, 0.2) is 60.9 Å². The number of pyridine rings is 1. The molecular weight excluding hydrogens is 407 g/mol. The quantitative estimate of drug-likeness (QED) is 0.394. The van der Waals surface area contributed by atoms with E-state index in [4.69, 9.17) is 37.9 Å². The number of hydrogen-bond acceptors (Lipinski definition) is 5. The fourth-order valence-electron chi connectivity index (χ4n) is 2.94. The standard InChI is InChI=1S/C22H18Cl2N4O/c1-13(2)29-18-5-6-20-19(11-18)22(26-17-9-15(23)8-16(24)10-17)28-21(27-20)14-4-3-7-25-12-14/h3-13H,1-2H3,(H,26,27,28). The molecule has 0 aliphatic heterocycles. The van der Waals surface area contributed by atoms with E-state index >= 15 is 0 Å². The third kappa shape index (κ3) is 4.58. The number of ether oxygens (including phenoxy) is 1. The van der Waals surface area contributed by atoms with Crippen LogP contribution in [0.1, 0.15) is 13.8 Å². The number of halogens is 2. The Morgan fingerprint density at radius 2 is 1.76 bits per heavy atom. The molecule has 29 heavy (non-hydrogen) atoms. The summed E-state index contributed by atoms with van der Waals surface area (Å²) in [6.07, 6.45) is 3.51. The fraction of sp³-hybridized carbons (Fsp3) is 0.136. The molecule has 2 aromatic heterocycles. The van der Waals surface area contributed by atoms with E-state index in [1.165, 1.54) is 0 Å². The van der Waals surface area contributed by atoms with Gasteiger partial charge in [0.05, 0.1) is 11.6 Å². The Labute approximate surface area is 178 Å². The minimum atomic E-state index is 0.0613. The molecule has 2 aromatic carbocycles.